The standard InChI is InChI=1S/C22H35N5O/c1-17(2)20-14-21(24-16-23-20)25-12-7-19(8-13-25)27-11-5-6-18(15-27)22(28)26-9-3-4-10-26/h14,16-19H,3-13,15H2,1-2H3. The number of amides is 1. The van der Waals surface area contributed by atoms with Crippen LogP contribution in [0.4, 0.5) is 5.82 Å². The van der Waals surface area contributed by atoms with Crippen LogP contribution in [0.5, 0.6) is 0 Å². The number of rotatable bonds is 4. The van der Waals surface area contributed by atoms with Crippen LogP contribution in [0.3, 0.4) is 0 Å². The molecule has 1 unspecified atom stereocenters. The third-order valence-electron chi connectivity index (χ3n) is 6.79. The van der Waals surface area contributed by atoms with Gasteiger partial charge in [0.2, 0.25) is 5.91 Å². The molecule has 4 rings (SSSR count). The van der Waals surface area contributed by atoms with Crippen LogP contribution < -0.4 is 4.90 Å². The van der Waals surface area contributed by atoms with E-state index >= 15 is 0 Å². The van der Waals surface area contributed by atoms with E-state index in [9.17, 15) is 4.79 Å². The predicted octanol–water partition coefficient (Wildman–Crippen LogP) is 2.90. The van der Waals surface area contributed by atoms with Crippen molar-refractivity contribution >= 4 is 11.7 Å². The number of piperidine rings is 2. The number of likely N-dealkylation sites (tertiary alicyclic amines) is 2. The summed E-state index contributed by atoms with van der Waals surface area (Å²) in [6.45, 7) is 10.5. The number of anilines is 1. The fraction of sp³-hybridized carbons (Fsp3) is 0.773. The molecular weight excluding hydrogens is 350 g/mol. The summed E-state index contributed by atoms with van der Waals surface area (Å²) < 4.78 is 0. The Balaban J connectivity index is 1.32. The smallest absolute Gasteiger partial charge is 0.226 e. The molecule has 0 radical (unpaired) electrons. The van der Waals surface area contributed by atoms with Crippen molar-refractivity contribution in [2.75, 3.05) is 44.2 Å². The van der Waals surface area contributed by atoms with Crippen LogP contribution in [-0.2, 0) is 4.79 Å². The predicted molar refractivity (Wildman–Crippen MR) is 111 cm³/mol. The monoisotopic (exact) mass is 385 g/mol. The molecule has 0 bridgehead atoms. The molecule has 3 aliphatic rings. The Labute approximate surface area is 169 Å². The van der Waals surface area contributed by atoms with E-state index in [1.54, 1.807) is 6.33 Å². The van der Waals surface area contributed by atoms with E-state index in [1.807, 2.05) is 0 Å². The van der Waals surface area contributed by atoms with Gasteiger partial charge in [0, 0.05) is 50.5 Å². The van der Waals surface area contributed by atoms with Crippen LogP contribution in [-0.4, -0.2) is 71.0 Å². The molecule has 0 N–H and O–H groups in total. The highest BCUT2D eigenvalue weighted by Crippen LogP contribution is 2.28. The maximum atomic E-state index is 12.8. The molecule has 28 heavy (non-hydrogen) atoms. The Hall–Kier alpha value is -1.69. The lowest BCUT2D eigenvalue weighted by Gasteiger charge is -2.42. The quantitative estimate of drug-likeness (QED) is 0.798. The van der Waals surface area contributed by atoms with Crippen molar-refractivity contribution in [1.82, 2.24) is 19.8 Å². The van der Waals surface area contributed by atoms with Gasteiger partial charge in [-0.25, -0.2) is 9.97 Å². The van der Waals surface area contributed by atoms with Crippen molar-refractivity contribution in [3.05, 3.63) is 18.1 Å². The molecule has 0 saturated carbocycles. The topological polar surface area (TPSA) is 52.6 Å². The summed E-state index contributed by atoms with van der Waals surface area (Å²) in [5.41, 5.74) is 1.12. The van der Waals surface area contributed by atoms with Gasteiger partial charge >= 0.3 is 0 Å². The third-order valence-corrected chi connectivity index (χ3v) is 6.79. The molecule has 6 nitrogen and oxygen atoms in total. The van der Waals surface area contributed by atoms with E-state index in [4.69, 9.17) is 0 Å². The van der Waals surface area contributed by atoms with E-state index < -0.39 is 0 Å². The van der Waals surface area contributed by atoms with Gasteiger partial charge in [-0.05, 0) is 51.0 Å². The first-order chi connectivity index (χ1) is 13.6. The molecule has 6 heteroatoms. The Morgan fingerprint density at radius 1 is 1.00 bits per heavy atom. The van der Waals surface area contributed by atoms with Crippen LogP contribution in [0, 0.1) is 5.92 Å². The molecular formula is C22H35N5O. The van der Waals surface area contributed by atoms with Crippen molar-refractivity contribution in [1.29, 1.82) is 0 Å². The van der Waals surface area contributed by atoms with Gasteiger partial charge in [0.05, 0.1) is 5.92 Å². The lowest BCUT2D eigenvalue weighted by Crippen LogP contribution is -2.51. The van der Waals surface area contributed by atoms with Crippen molar-refractivity contribution < 1.29 is 4.79 Å². The normalized spacial score (nSPS) is 24.9. The SMILES string of the molecule is CC(C)c1cc(N2CCC(N3CCCC(C(=O)N4CCCC4)C3)CC2)ncn1. The summed E-state index contributed by atoms with van der Waals surface area (Å²) >= 11 is 0. The summed E-state index contributed by atoms with van der Waals surface area (Å²) in [5.74, 6) is 2.14. The zero-order valence-corrected chi connectivity index (χ0v) is 17.5. The molecule has 1 aromatic heterocycles. The average molecular weight is 386 g/mol. The number of hydrogen-bond donors (Lipinski definition) is 0. The molecule has 154 valence electrons. The van der Waals surface area contributed by atoms with E-state index in [1.165, 1.54) is 12.8 Å². The van der Waals surface area contributed by atoms with Gasteiger partial charge in [-0.2, -0.15) is 0 Å². The molecule has 1 amide bonds. The molecule has 1 atom stereocenters. The fourth-order valence-electron chi connectivity index (χ4n) is 5.05. The van der Waals surface area contributed by atoms with Gasteiger partial charge in [0.25, 0.3) is 0 Å². The number of aromatic nitrogens is 2. The van der Waals surface area contributed by atoms with Gasteiger partial charge in [0.1, 0.15) is 12.1 Å². The van der Waals surface area contributed by atoms with Gasteiger partial charge in [-0.15, -0.1) is 0 Å². The molecule has 0 spiro atoms. The van der Waals surface area contributed by atoms with Crippen LogP contribution in [0.15, 0.2) is 12.4 Å². The average Bonchev–Trinajstić information content (AvgIpc) is 3.28. The third kappa shape index (κ3) is 4.32. The van der Waals surface area contributed by atoms with Gasteiger partial charge in [0.15, 0.2) is 0 Å². The number of nitrogens with zero attached hydrogens (tertiary/aromatic N) is 5. The second-order valence-electron chi connectivity index (χ2n) is 9.04. The second-order valence-corrected chi connectivity index (χ2v) is 9.04. The highest BCUT2D eigenvalue weighted by Gasteiger charge is 2.34. The minimum Gasteiger partial charge on any atom is -0.356 e. The Kier molecular flexibility index (Phi) is 6.14. The number of carbonyl (C=O) groups excluding carboxylic acids is 1. The van der Waals surface area contributed by atoms with Crippen LogP contribution in [0.2, 0.25) is 0 Å². The first kappa shape index (κ1) is 19.6. The molecule has 0 aliphatic carbocycles. The Morgan fingerprint density at radius 3 is 2.46 bits per heavy atom. The Bertz CT molecular complexity index is 665. The summed E-state index contributed by atoms with van der Waals surface area (Å²) in [6, 6.07) is 2.76. The summed E-state index contributed by atoms with van der Waals surface area (Å²) in [4.78, 5) is 28.9. The van der Waals surface area contributed by atoms with Crippen molar-refractivity contribution in [3.63, 3.8) is 0 Å². The fourth-order valence-corrected chi connectivity index (χ4v) is 5.05. The van der Waals surface area contributed by atoms with Crippen molar-refractivity contribution in [2.24, 2.45) is 5.92 Å². The molecule has 3 saturated heterocycles. The van der Waals surface area contributed by atoms with Crippen LogP contribution in [0.25, 0.3) is 0 Å². The summed E-state index contributed by atoms with van der Waals surface area (Å²) in [5, 5.41) is 0. The highest BCUT2D eigenvalue weighted by atomic mass is 16.2. The lowest BCUT2D eigenvalue weighted by atomic mass is 9.93. The van der Waals surface area contributed by atoms with E-state index in [-0.39, 0.29) is 5.92 Å². The van der Waals surface area contributed by atoms with Crippen LogP contribution in [0.1, 0.15) is 64.0 Å². The molecule has 1 aromatic rings. The molecule has 3 aliphatic heterocycles. The molecule has 3 fully saturated rings. The number of hydrogen-bond acceptors (Lipinski definition) is 5. The highest BCUT2D eigenvalue weighted by molar-refractivity contribution is 5.79. The van der Waals surface area contributed by atoms with Crippen molar-refractivity contribution in [3.8, 4) is 0 Å². The summed E-state index contributed by atoms with van der Waals surface area (Å²) in [6.07, 6.45) is 8.62. The maximum absolute atomic E-state index is 12.8. The van der Waals surface area contributed by atoms with E-state index in [0.717, 1.165) is 76.5 Å². The van der Waals surface area contributed by atoms with E-state index in [2.05, 4.69) is 44.6 Å². The second kappa shape index (κ2) is 8.76. The zero-order chi connectivity index (χ0) is 19.5. The van der Waals surface area contributed by atoms with E-state index in [0.29, 0.717) is 17.9 Å². The minimum atomic E-state index is 0.223. The summed E-state index contributed by atoms with van der Waals surface area (Å²) in [7, 11) is 0. The maximum Gasteiger partial charge on any atom is 0.226 e. The first-order valence-electron chi connectivity index (χ1n) is 11.2. The lowest BCUT2D eigenvalue weighted by molar-refractivity contribution is -0.136. The van der Waals surface area contributed by atoms with Crippen LogP contribution >= 0.6 is 0 Å². The minimum absolute atomic E-state index is 0.223. The Morgan fingerprint density at radius 2 is 1.75 bits per heavy atom. The zero-order valence-electron chi connectivity index (χ0n) is 17.5. The first-order valence-corrected chi connectivity index (χ1v) is 11.2. The van der Waals surface area contributed by atoms with Gasteiger partial charge in [-0.3, -0.25) is 9.69 Å². The largest absolute Gasteiger partial charge is 0.356 e. The van der Waals surface area contributed by atoms with Gasteiger partial charge in [-0.1, -0.05) is 13.8 Å². The van der Waals surface area contributed by atoms with Gasteiger partial charge < -0.3 is 9.80 Å². The van der Waals surface area contributed by atoms with Crippen molar-refractivity contribution in [2.45, 2.75) is 64.3 Å². The molecule has 0 aromatic carbocycles. The number of carbonyl (C=O) groups is 1. The molecule has 4 heterocycles.